The van der Waals surface area contributed by atoms with Crippen LogP contribution >= 0.6 is 0 Å². The van der Waals surface area contributed by atoms with Crippen molar-refractivity contribution in [2.24, 2.45) is 0 Å². The van der Waals surface area contributed by atoms with E-state index in [1.54, 1.807) is 22.9 Å². The number of carbonyl (C=O) groups excluding carboxylic acids is 1. The maximum absolute atomic E-state index is 14.0. The molecule has 1 saturated heterocycles. The quantitative estimate of drug-likeness (QED) is 0.656. The minimum Gasteiger partial charge on any atom is -0.353 e. The van der Waals surface area contributed by atoms with E-state index in [1.807, 2.05) is 18.2 Å². The van der Waals surface area contributed by atoms with Gasteiger partial charge in [0.1, 0.15) is 5.82 Å². The van der Waals surface area contributed by atoms with Crippen LogP contribution in [0.3, 0.4) is 0 Å². The fourth-order valence-corrected chi connectivity index (χ4v) is 4.35. The van der Waals surface area contributed by atoms with Gasteiger partial charge in [0.15, 0.2) is 17.2 Å². The lowest BCUT2D eigenvalue weighted by Crippen LogP contribution is -2.55. The molecule has 2 atom stereocenters. The Balaban J connectivity index is 1.48. The van der Waals surface area contributed by atoms with Crippen molar-refractivity contribution >= 4 is 28.9 Å². The Morgan fingerprint density at radius 3 is 2.60 bits per heavy atom. The van der Waals surface area contributed by atoms with E-state index in [9.17, 15) is 9.18 Å². The third-order valence-corrected chi connectivity index (χ3v) is 6.32. The number of halogens is 1. The topological polar surface area (TPSA) is 53.7 Å². The number of allylic oxidation sites excluding steroid dienone is 1. The van der Waals surface area contributed by atoms with E-state index in [2.05, 4.69) is 35.7 Å². The zero-order valence-corrected chi connectivity index (χ0v) is 17.3. The minimum atomic E-state index is -0.407. The molecule has 6 nitrogen and oxygen atoms in total. The molecule has 1 aliphatic heterocycles. The van der Waals surface area contributed by atoms with Crippen molar-refractivity contribution in [3.63, 3.8) is 0 Å². The van der Waals surface area contributed by atoms with E-state index in [1.165, 1.54) is 6.07 Å². The van der Waals surface area contributed by atoms with Gasteiger partial charge in [-0.3, -0.25) is 9.69 Å². The van der Waals surface area contributed by atoms with Crippen LogP contribution in [0.15, 0.2) is 36.7 Å². The van der Waals surface area contributed by atoms with Crippen LogP contribution in [0.5, 0.6) is 0 Å². The summed E-state index contributed by atoms with van der Waals surface area (Å²) in [6, 6.07) is 7.91. The van der Waals surface area contributed by atoms with Crippen molar-refractivity contribution in [2.75, 3.05) is 25.0 Å². The molecule has 1 aliphatic carbocycles. The molecule has 154 valence electrons. The number of hydrogen-bond donors (Lipinski definition) is 0. The second-order valence-corrected chi connectivity index (χ2v) is 8.34. The molecular weight excluding hydrogens is 381 g/mol. The van der Waals surface area contributed by atoms with E-state index in [4.69, 9.17) is 4.98 Å². The van der Waals surface area contributed by atoms with Crippen molar-refractivity contribution in [3.05, 3.63) is 59.4 Å². The molecule has 0 radical (unpaired) electrons. The summed E-state index contributed by atoms with van der Waals surface area (Å²) in [7, 11) is 2.16. The van der Waals surface area contributed by atoms with Crippen molar-refractivity contribution in [1.29, 1.82) is 0 Å². The number of Topliss-reactive ketones (excluding diaryl/α,β-unsaturated/α-hetero) is 1. The number of hydrogen-bond acceptors (Lipinski definition) is 5. The average molecular weight is 405 g/mol. The molecule has 7 heteroatoms. The second kappa shape index (κ2) is 7.02. The number of piperazine rings is 1. The van der Waals surface area contributed by atoms with E-state index >= 15 is 0 Å². The summed E-state index contributed by atoms with van der Waals surface area (Å²) < 4.78 is 15.6. The number of ketones is 1. The van der Waals surface area contributed by atoms with Gasteiger partial charge in [-0.05, 0) is 56.8 Å². The lowest BCUT2D eigenvalue weighted by Gasteiger charge is -2.43. The zero-order chi connectivity index (χ0) is 21.0. The summed E-state index contributed by atoms with van der Waals surface area (Å²) in [5.74, 6) is 0.464. The molecule has 4 heterocycles. The molecule has 3 aromatic heterocycles. The van der Waals surface area contributed by atoms with Crippen LogP contribution in [0.1, 0.15) is 30.8 Å². The van der Waals surface area contributed by atoms with Gasteiger partial charge in [-0.15, -0.1) is 0 Å². The Hall–Kier alpha value is -3.06. The minimum absolute atomic E-state index is 0.0453. The van der Waals surface area contributed by atoms with Gasteiger partial charge < -0.3 is 9.30 Å². The molecule has 1 unspecified atom stereocenters. The first kappa shape index (κ1) is 18.9. The molecule has 30 heavy (non-hydrogen) atoms. The monoisotopic (exact) mass is 405 g/mol. The Morgan fingerprint density at radius 1 is 1.10 bits per heavy atom. The highest BCUT2D eigenvalue weighted by molar-refractivity contribution is 6.27. The fraction of sp³-hybridized carbons (Fsp3) is 0.348. The van der Waals surface area contributed by atoms with Crippen molar-refractivity contribution < 1.29 is 9.18 Å². The predicted octanol–water partition coefficient (Wildman–Crippen LogP) is 3.06. The molecule has 0 amide bonds. The molecule has 0 spiro atoms. The normalized spacial score (nSPS) is 22.3. The number of rotatable bonds is 2. The van der Waals surface area contributed by atoms with Crippen LogP contribution in [0.2, 0.25) is 0 Å². The highest BCUT2D eigenvalue weighted by atomic mass is 19.1. The van der Waals surface area contributed by atoms with Gasteiger partial charge in [0.05, 0.1) is 17.8 Å². The van der Waals surface area contributed by atoms with Gasteiger partial charge in [0.2, 0.25) is 0 Å². The number of fused-ring (bicyclic) bond motifs is 2. The number of anilines is 1. The molecule has 0 saturated carbocycles. The highest BCUT2D eigenvalue weighted by Gasteiger charge is 2.29. The Bertz CT molecular complexity index is 1170. The second-order valence-electron chi connectivity index (χ2n) is 8.34. The number of likely N-dealkylation sites (N-methyl/N-ethyl adjacent to an activating group) is 1. The largest absolute Gasteiger partial charge is 0.353 e. The first-order valence-electron chi connectivity index (χ1n) is 10.3. The number of imidazole rings is 1. The lowest BCUT2D eigenvalue weighted by molar-refractivity contribution is -0.113. The average Bonchev–Trinajstić information content (AvgIpc) is 3.16. The summed E-state index contributed by atoms with van der Waals surface area (Å²) in [4.78, 5) is 26.7. The first-order chi connectivity index (χ1) is 14.4. The van der Waals surface area contributed by atoms with Crippen LogP contribution in [0, 0.1) is 5.82 Å². The van der Waals surface area contributed by atoms with E-state index in [0.29, 0.717) is 23.4 Å². The molecular formula is C23H24FN5O. The van der Waals surface area contributed by atoms with Gasteiger partial charge in [-0.2, -0.15) is 0 Å². The molecule has 5 rings (SSSR count). The molecule has 0 aromatic carbocycles. The summed E-state index contributed by atoms with van der Waals surface area (Å²) in [6.07, 6.45) is 5.47. The fourth-order valence-electron chi connectivity index (χ4n) is 4.35. The Morgan fingerprint density at radius 2 is 1.87 bits per heavy atom. The highest BCUT2D eigenvalue weighted by Crippen LogP contribution is 2.29. The van der Waals surface area contributed by atoms with Gasteiger partial charge in [-0.1, -0.05) is 0 Å². The van der Waals surface area contributed by atoms with Crippen molar-refractivity contribution in [2.45, 2.75) is 32.4 Å². The third kappa shape index (κ3) is 3.10. The first-order valence-corrected chi connectivity index (χ1v) is 10.3. The standard InChI is InChI=1S/C23H24FN5O/c1-14-11-29(12-15(2)27(14)3)22-7-6-16-9-17(21(30)10-19(16)25-22)20-13-28-8-4-5-18(24)23(28)26-20/h4-9,13-15H,10-12H2,1-3H3/t14-,15?/m0/s1. The summed E-state index contributed by atoms with van der Waals surface area (Å²) in [5.41, 5.74) is 2.92. The zero-order valence-electron chi connectivity index (χ0n) is 17.3. The van der Waals surface area contributed by atoms with E-state index in [0.717, 1.165) is 30.2 Å². The molecule has 0 N–H and O–H groups in total. The third-order valence-electron chi connectivity index (χ3n) is 6.32. The van der Waals surface area contributed by atoms with Crippen LogP contribution < -0.4 is 4.90 Å². The molecule has 0 bridgehead atoms. The van der Waals surface area contributed by atoms with Crippen LogP contribution in [0.4, 0.5) is 10.2 Å². The predicted molar refractivity (Wildman–Crippen MR) is 115 cm³/mol. The lowest BCUT2D eigenvalue weighted by atomic mass is 9.93. The van der Waals surface area contributed by atoms with Crippen LogP contribution in [0.25, 0.3) is 17.3 Å². The maximum atomic E-state index is 14.0. The Labute approximate surface area is 174 Å². The van der Waals surface area contributed by atoms with Gasteiger partial charge in [-0.25, -0.2) is 14.4 Å². The molecule has 3 aromatic rings. The molecule has 1 fully saturated rings. The van der Waals surface area contributed by atoms with E-state index in [-0.39, 0.29) is 17.9 Å². The summed E-state index contributed by atoms with van der Waals surface area (Å²) >= 11 is 0. The summed E-state index contributed by atoms with van der Waals surface area (Å²) in [6.45, 7) is 6.26. The smallest absolute Gasteiger partial charge is 0.173 e. The van der Waals surface area contributed by atoms with Crippen LogP contribution in [-0.4, -0.2) is 57.3 Å². The molecule has 2 aliphatic rings. The Kier molecular flexibility index (Phi) is 4.43. The maximum Gasteiger partial charge on any atom is 0.173 e. The van der Waals surface area contributed by atoms with E-state index < -0.39 is 5.82 Å². The van der Waals surface area contributed by atoms with Gasteiger partial charge in [0.25, 0.3) is 0 Å². The van der Waals surface area contributed by atoms with Crippen molar-refractivity contribution in [1.82, 2.24) is 19.3 Å². The van der Waals surface area contributed by atoms with Gasteiger partial charge >= 0.3 is 0 Å². The van der Waals surface area contributed by atoms with Crippen molar-refractivity contribution in [3.8, 4) is 0 Å². The number of carbonyl (C=O) groups is 1. The summed E-state index contributed by atoms with van der Waals surface area (Å²) in [5, 5.41) is 0. The number of nitrogens with zero attached hydrogens (tertiary/aromatic N) is 5. The number of pyridine rings is 2. The SMILES string of the molecule is CC1CN(c2ccc3c(n2)CC(=O)C(c2cn4cccc(F)c4n2)=C3)C[C@H](C)N1C. The van der Waals surface area contributed by atoms with Gasteiger partial charge in [0, 0.05) is 43.1 Å². The number of aromatic nitrogens is 3. The van der Waals surface area contributed by atoms with Crippen LogP contribution in [-0.2, 0) is 11.2 Å².